The SMILES string of the molecule is CCOc1ncccc1CNC(=O)C(=O)Nc1cccc2cccnc12. The number of fused-ring (bicyclic) bond motifs is 1. The van der Waals surface area contributed by atoms with E-state index in [2.05, 4.69) is 20.6 Å². The predicted molar refractivity (Wildman–Crippen MR) is 97.6 cm³/mol. The van der Waals surface area contributed by atoms with Gasteiger partial charge >= 0.3 is 11.8 Å². The Morgan fingerprint density at radius 3 is 2.62 bits per heavy atom. The summed E-state index contributed by atoms with van der Waals surface area (Å²) >= 11 is 0. The molecule has 0 saturated carbocycles. The number of ether oxygens (including phenoxy) is 1. The highest BCUT2D eigenvalue weighted by Gasteiger charge is 2.16. The van der Waals surface area contributed by atoms with Crippen LogP contribution < -0.4 is 15.4 Å². The maximum Gasteiger partial charge on any atom is 0.313 e. The molecule has 7 nitrogen and oxygen atoms in total. The summed E-state index contributed by atoms with van der Waals surface area (Å²) in [6.45, 7) is 2.46. The van der Waals surface area contributed by atoms with Gasteiger partial charge in [-0.25, -0.2) is 4.98 Å². The molecule has 3 aromatic rings. The molecule has 1 aromatic carbocycles. The lowest BCUT2D eigenvalue weighted by molar-refractivity contribution is -0.136. The minimum atomic E-state index is -0.759. The van der Waals surface area contributed by atoms with Crippen LogP contribution in [-0.4, -0.2) is 28.4 Å². The maximum absolute atomic E-state index is 12.2. The Labute approximate surface area is 150 Å². The maximum atomic E-state index is 12.2. The molecule has 26 heavy (non-hydrogen) atoms. The largest absolute Gasteiger partial charge is 0.478 e. The second-order valence-electron chi connectivity index (χ2n) is 5.42. The topological polar surface area (TPSA) is 93.2 Å². The van der Waals surface area contributed by atoms with E-state index in [1.807, 2.05) is 25.1 Å². The minimum Gasteiger partial charge on any atom is -0.478 e. The Morgan fingerprint density at radius 2 is 1.77 bits per heavy atom. The number of carbonyl (C=O) groups excluding carboxylic acids is 2. The lowest BCUT2D eigenvalue weighted by Gasteiger charge is -2.10. The molecule has 0 unspecified atom stereocenters. The van der Waals surface area contributed by atoms with Crippen molar-refractivity contribution in [2.24, 2.45) is 0 Å². The number of amides is 2. The van der Waals surface area contributed by atoms with Crippen molar-refractivity contribution in [3.05, 3.63) is 60.4 Å². The fraction of sp³-hybridized carbons (Fsp3) is 0.158. The number of pyridine rings is 2. The first-order valence-electron chi connectivity index (χ1n) is 8.18. The zero-order valence-electron chi connectivity index (χ0n) is 14.2. The Morgan fingerprint density at radius 1 is 1.00 bits per heavy atom. The van der Waals surface area contributed by atoms with E-state index in [9.17, 15) is 9.59 Å². The van der Waals surface area contributed by atoms with Crippen molar-refractivity contribution in [3.63, 3.8) is 0 Å². The van der Waals surface area contributed by atoms with E-state index >= 15 is 0 Å². The smallest absolute Gasteiger partial charge is 0.313 e. The number of aromatic nitrogens is 2. The molecule has 2 amide bonds. The van der Waals surface area contributed by atoms with Gasteiger partial charge in [0.15, 0.2) is 0 Å². The van der Waals surface area contributed by atoms with Crippen LogP contribution in [0.1, 0.15) is 12.5 Å². The van der Waals surface area contributed by atoms with Crippen molar-refractivity contribution in [1.82, 2.24) is 15.3 Å². The highest BCUT2D eigenvalue weighted by molar-refractivity contribution is 6.40. The number of anilines is 1. The summed E-state index contributed by atoms with van der Waals surface area (Å²) in [5.41, 5.74) is 1.81. The highest BCUT2D eigenvalue weighted by Crippen LogP contribution is 2.20. The van der Waals surface area contributed by atoms with Crippen LogP contribution in [0.3, 0.4) is 0 Å². The quantitative estimate of drug-likeness (QED) is 0.689. The van der Waals surface area contributed by atoms with Gasteiger partial charge in [0.2, 0.25) is 5.88 Å². The van der Waals surface area contributed by atoms with Crippen molar-refractivity contribution < 1.29 is 14.3 Å². The Hall–Kier alpha value is -3.48. The molecular formula is C19H18N4O3. The average Bonchev–Trinajstić information content (AvgIpc) is 2.67. The number of nitrogens with one attached hydrogen (secondary N) is 2. The first kappa shape index (κ1) is 17.3. The lowest BCUT2D eigenvalue weighted by Crippen LogP contribution is -2.35. The molecule has 0 aliphatic heterocycles. The van der Waals surface area contributed by atoms with Crippen molar-refractivity contribution in [2.75, 3.05) is 11.9 Å². The predicted octanol–water partition coefficient (Wildman–Crippen LogP) is 2.28. The van der Waals surface area contributed by atoms with Gasteiger partial charge in [0, 0.05) is 29.9 Å². The van der Waals surface area contributed by atoms with Gasteiger partial charge in [-0.2, -0.15) is 0 Å². The van der Waals surface area contributed by atoms with Crippen molar-refractivity contribution in [2.45, 2.75) is 13.5 Å². The first-order chi connectivity index (χ1) is 12.7. The fourth-order valence-electron chi connectivity index (χ4n) is 2.47. The number of rotatable bonds is 5. The van der Waals surface area contributed by atoms with Crippen LogP contribution in [-0.2, 0) is 16.1 Å². The van der Waals surface area contributed by atoms with E-state index in [0.29, 0.717) is 29.3 Å². The van der Waals surface area contributed by atoms with Crippen molar-refractivity contribution >= 4 is 28.4 Å². The number of hydrogen-bond donors (Lipinski definition) is 2. The highest BCUT2D eigenvalue weighted by atomic mass is 16.5. The van der Waals surface area contributed by atoms with Gasteiger partial charge < -0.3 is 15.4 Å². The molecule has 132 valence electrons. The fourth-order valence-corrected chi connectivity index (χ4v) is 2.47. The summed E-state index contributed by atoms with van der Waals surface area (Å²) in [5.74, 6) is -1.07. The van der Waals surface area contributed by atoms with Gasteiger partial charge in [-0.15, -0.1) is 0 Å². The monoisotopic (exact) mass is 350 g/mol. The first-order valence-corrected chi connectivity index (χ1v) is 8.18. The summed E-state index contributed by atoms with van der Waals surface area (Å²) in [7, 11) is 0. The van der Waals surface area contributed by atoms with E-state index in [1.54, 1.807) is 36.7 Å². The molecule has 0 aliphatic carbocycles. The molecule has 2 aromatic heterocycles. The molecule has 7 heteroatoms. The van der Waals surface area contributed by atoms with Gasteiger partial charge in [0.25, 0.3) is 0 Å². The second-order valence-corrected chi connectivity index (χ2v) is 5.42. The van der Waals surface area contributed by atoms with Crippen LogP contribution in [0.4, 0.5) is 5.69 Å². The summed E-state index contributed by atoms with van der Waals surface area (Å²) < 4.78 is 5.40. The van der Waals surface area contributed by atoms with E-state index < -0.39 is 11.8 Å². The third-order valence-electron chi connectivity index (χ3n) is 3.66. The van der Waals surface area contributed by atoms with E-state index in [1.165, 1.54) is 0 Å². The summed E-state index contributed by atoms with van der Waals surface area (Å²) in [5, 5.41) is 6.05. The van der Waals surface area contributed by atoms with Crippen LogP contribution >= 0.6 is 0 Å². The average molecular weight is 350 g/mol. The third-order valence-corrected chi connectivity index (χ3v) is 3.66. The number of benzene rings is 1. The van der Waals surface area contributed by atoms with Crippen molar-refractivity contribution in [1.29, 1.82) is 0 Å². The number of carbonyl (C=O) groups is 2. The van der Waals surface area contributed by atoms with Gasteiger partial charge in [-0.1, -0.05) is 24.3 Å². The lowest BCUT2D eigenvalue weighted by atomic mass is 10.2. The van der Waals surface area contributed by atoms with Gasteiger partial charge in [-0.05, 0) is 25.1 Å². The number of hydrogen-bond acceptors (Lipinski definition) is 5. The molecule has 0 aliphatic rings. The van der Waals surface area contributed by atoms with E-state index in [0.717, 1.165) is 5.39 Å². The molecule has 0 fully saturated rings. The number of nitrogens with zero attached hydrogens (tertiary/aromatic N) is 2. The summed E-state index contributed by atoms with van der Waals surface area (Å²) in [6.07, 6.45) is 3.24. The summed E-state index contributed by atoms with van der Waals surface area (Å²) in [4.78, 5) is 32.7. The van der Waals surface area contributed by atoms with Crippen LogP contribution in [0.25, 0.3) is 10.9 Å². The molecule has 0 atom stereocenters. The molecule has 0 spiro atoms. The van der Waals surface area contributed by atoms with Gasteiger partial charge in [-0.3, -0.25) is 14.6 Å². The van der Waals surface area contributed by atoms with Gasteiger partial charge in [0.1, 0.15) is 0 Å². The molecular weight excluding hydrogens is 332 g/mol. The zero-order chi connectivity index (χ0) is 18.4. The second kappa shape index (κ2) is 8.06. The van der Waals surface area contributed by atoms with E-state index in [4.69, 9.17) is 4.74 Å². The number of para-hydroxylation sites is 1. The van der Waals surface area contributed by atoms with Crippen LogP contribution in [0.5, 0.6) is 5.88 Å². The van der Waals surface area contributed by atoms with Crippen LogP contribution in [0.2, 0.25) is 0 Å². The zero-order valence-corrected chi connectivity index (χ0v) is 14.2. The molecule has 0 saturated heterocycles. The molecule has 0 bridgehead atoms. The Bertz CT molecular complexity index is 937. The van der Waals surface area contributed by atoms with Crippen LogP contribution in [0, 0.1) is 0 Å². The molecule has 2 N–H and O–H groups in total. The van der Waals surface area contributed by atoms with E-state index in [-0.39, 0.29) is 6.54 Å². The van der Waals surface area contributed by atoms with Gasteiger partial charge in [0.05, 0.1) is 17.8 Å². The minimum absolute atomic E-state index is 0.142. The van der Waals surface area contributed by atoms with Crippen LogP contribution in [0.15, 0.2) is 54.9 Å². The Kier molecular flexibility index (Phi) is 5.38. The normalized spacial score (nSPS) is 10.3. The summed E-state index contributed by atoms with van der Waals surface area (Å²) in [6, 6.07) is 12.6. The molecule has 0 radical (unpaired) electrons. The molecule has 3 rings (SSSR count). The molecule has 2 heterocycles. The Balaban J connectivity index is 1.66. The third kappa shape index (κ3) is 3.94. The standard InChI is InChI=1S/C19H18N4O3/c1-2-26-19-14(8-5-11-21-19)12-22-17(24)18(25)23-15-9-3-6-13-7-4-10-20-16(13)15/h3-11H,2,12H2,1H3,(H,22,24)(H,23,25). The van der Waals surface area contributed by atoms with Crippen molar-refractivity contribution in [3.8, 4) is 5.88 Å².